The maximum Gasteiger partial charge on any atom is 0.0719 e. The van der Waals surface area contributed by atoms with Crippen LogP contribution in [0, 0.1) is 0 Å². The Morgan fingerprint density at radius 2 is 1.00 bits per heavy atom. The lowest BCUT2D eigenvalue weighted by Gasteiger charge is -2.17. The summed E-state index contributed by atoms with van der Waals surface area (Å²) in [7, 11) is 3.51. The Labute approximate surface area is 121 Å². The van der Waals surface area contributed by atoms with Crippen LogP contribution in [0.2, 0.25) is 0 Å². The van der Waals surface area contributed by atoms with E-state index in [0.29, 0.717) is 13.2 Å². The summed E-state index contributed by atoms with van der Waals surface area (Å²) in [6.07, 6.45) is 2.07. The molecule has 0 heterocycles. The highest BCUT2D eigenvalue weighted by Gasteiger charge is 2.12. The minimum atomic E-state index is 0.657. The number of methoxy groups -OCH3 is 2. The minimum Gasteiger partial charge on any atom is -0.380 e. The Hall–Kier alpha value is -1.38. The van der Waals surface area contributed by atoms with Crippen LogP contribution in [0.1, 0.15) is 36.1 Å². The number of hydrogen-bond donors (Lipinski definition) is 0. The molecule has 0 aromatic heterocycles. The van der Waals surface area contributed by atoms with E-state index in [4.69, 9.17) is 9.47 Å². The Balaban J connectivity index is 2.81. The molecule has 20 heavy (non-hydrogen) atoms. The van der Waals surface area contributed by atoms with E-state index in [9.17, 15) is 0 Å². The first-order valence-electron chi connectivity index (χ1n) is 7.29. The first kappa shape index (κ1) is 15.0. The van der Waals surface area contributed by atoms with Gasteiger partial charge in [-0.3, -0.25) is 0 Å². The smallest absolute Gasteiger partial charge is 0.0719 e. The van der Waals surface area contributed by atoms with Crippen LogP contribution in [0.25, 0.3) is 10.8 Å². The molecule has 0 aliphatic heterocycles. The summed E-state index contributed by atoms with van der Waals surface area (Å²) in [6.45, 7) is 5.73. The minimum absolute atomic E-state index is 0.657. The van der Waals surface area contributed by atoms with Gasteiger partial charge in [0.1, 0.15) is 0 Å². The van der Waals surface area contributed by atoms with Gasteiger partial charge in [0.05, 0.1) is 13.2 Å². The first-order chi connectivity index (χ1) is 9.76. The Bertz CT molecular complexity index is 535. The number of ether oxygens (including phenoxy) is 2. The van der Waals surface area contributed by atoms with E-state index in [1.54, 1.807) is 14.2 Å². The van der Waals surface area contributed by atoms with Gasteiger partial charge in [0.2, 0.25) is 0 Å². The number of fused-ring (bicyclic) bond motifs is 1. The molecule has 0 amide bonds. The third-order valence-electron chi connectivity index (χ3n) is 3.87. The molecule has 0 fully saturated rings. The van der Waals surface area contributed by atoms with Gasteiger partial charge in [-0.15, -0.1) is 0 Å². The van der Waals surface area contributed by atoms with Crippen LogP contribution in [0.5, 0.6) is 0 Å². The second-order valence-electron chi connectivity index (χ2n) is 5.09. The molecule has 2 heteroatoms. The molecule has 2 aromatic rings. The van der Waals surface area contributed by atoms with Crippen molar-refractivity contribution in [2.75, 3.05) is 14.2 Å². The van der Waals surface area contributed by atoms with E-state index >= 15 is 0 Å². The van der Waals surface area contributed by atoms with Crippen LogP contribution < -0.4 is 0 Å². The predicted octanol–water partition coefficient (Wildman–Crippen LogP) is 4.26. The number of hydrogen-bond acceptors (Lipinski definition) is 2. The lowest BCUT2D eigenvalue weighted by atomic mass is 9.90. The summed E-state index contributed by atoms with van der Waals surface area (Å²) in [5.41, 5.74) is 5.33. The van der Waals surface area contributed by atoms with E-state index in [-0.39, 0.29) is 0 Å². The largest absolute Gasteiger partial charge is 0.380 e. The highest BCUT2D eigenvalue weighted by atomic mass is 16.5. The normalized spacial score (nSPS) is 11.2. The van der Waals surface area contributed by atoms with Gasteiger partial charge in [0.25, 0.3) is 0 Å². The van der Waals surface area contributed by atoms with Gasteiger partial charge in [-0.05, 0) is 45.9 Å². The molecule has 0 saturated carbocycles. The Morgan fingerprint density at radius 3 is 1.30 bits per heavy atom. The molecule has 2 rings (SSSR count). The van der Waals surface area contributed by atoms with Gasteiger partial charge in [-0.2, -0.15) is 0 Å². The average molecular weight is 272 g/mol. The topological polar surface area (TPSA) is 18.5 Å². The van der Waals surface area contributed by atoms with Gasteiger partial charge < -0.3 is 9.47 Å². The van der Waals surface area contributed by atoms with Gasteiger partial charge in [-0.25, -0.2) is 0 Å². The van der Waals surface area contributed by atoms with Gasteiger partial charge in [0, 0.05) is 14.2 Å². The van der Waals surface area contributed by atoms with E-state index in [0.717, 1.165) is 12.8 Å². The average Bonchev–Trinajstić information content (AvgIpc) is 2.48. The second-order valence-corrected chi connectivity index (χ2v) is 5.09. The quantitative estimate of drug-likeness (QED) is 0.782. The Morgan fingerprint density at radius 1 is 0.650 bits per heavy atom. The van der Waals surface area contributed by atoms with Crippen LogP contribution >= 0.6 is 0 Å². The summed E-state index contributed by atoms with van der Waals surface area (Å²) in [6, 6.07) is 8.88. The van der Waals surface area contributed by atoms with E-state index in [1.807, 2.05) is 0 Å². The fourth-order valence-corrected chi connectivity index (χ4v) is 2.93. The maximum absolute atomic E-state index is 5.38. The van der Waals surface area contributed by atoms with Gasteiger partial charge in [0.15, 0.2) is 0 Å². The highest BCUT2D eigenvalue weighted by Crippen LogP contribution is 2.31. The lowest BCUT2D eigenvalue weighted by molar-refractivity contribution is 0.184. The summed E-state index contributed by atoms with van der Waals surface area (Å²) in [5.74, 6) is 0. The van der Waals surface area contributed by atoms with Crippen molar-refractivity contribution in [3.63, 3.8) is 0 Å². The molecule has 0 aliphatic carbocycles. The second kappa shape index (κ2) is 6.87. The molecule has 0 aliphatic rings. The van der Waals surface area contributed by atoms with Gasteiger partial charge in [-0.1, -0.05) is 38.1 Å². The van der Waals surface area contributed by atoms with Crippen molar-refractivity contribution in [1.29, 1.82) is 0 Å². The maximum atomic E-state index is 5.38. The van der Waals surface area contributed by atoms with Crippen molar-refractivity contribution in [3.05, 3.63) is 46.5 Å². The van der Waals surface area contributed by atoms with Crippen LogP contribution in [-0.2, 0) is 35.5 Å². The van der Waals surface area contributed by atoms with Crippen molar-refractivity contribution in [2.45, 2.75) is 39.9 Å². The zero-order chi connectivity index (χ0) is 14.5. The molecule has 108 valence electrons. The summed E-state index contributed by atoms with van der Waals surface area (Å²) >= 11 is 0. The van der Waals surface area contributed by atoms with Crippen molar-refractivity contribution < 1.29 is 9.47 Å². The van der Waals surface area contributed by atoms with E-state index in [1.165, 1.54) is 33.0 Å². The molecule has 0 saturated heterocycles. The number of rotatable bonds is 6. The molecule has 2 aromatic carbocycles. The number of aryl methyl sites for hydroxylation is 2. The zero-order valence-electron chi connectivity index (χ0n) is 13.0. The van der Waals surface area contributed by atoms with Crippen molar-refractivity contribution in [3.8, 4) is 0 Å². The standard InChI is InChI=1S/C18H24O2/c1-5-13-7-8-14(6-2)18-16(12-20-4)10-9-15(11-19-3)17(13)18/h7-10H,5-6,11-12H2,1-4H3. The first-order valence-corrected chi connectivity index (χ1v) is 7.29. The van der Waals surface area contributed by atoms with Crippen molar-refractivity contribution in [2.24, 2.45) is 0 Å². The third kappa shape index (κ3) is 2.72. The number of benzene rings is 2. The summed E-state index contributed by atoms with van der Waals surface area (Å²) in [4.78, 5) is 0. The molecule has 0 atom stereocenters. The fourth-order valence-electron chi connectivity index (χ4n) is 2.93. The molecule has 0 bridgehead atoms. The third-order valence-corrected chi connectivity index (χ3v) is 3.87. The molecule has 0 spiro atoms. The van der Waals surface area contributed by atoms with Crippen LogP contribution in [0.3, 0.4) is 0 Å². The monoisotopic (exact) mass is 272 g/mol. The summed E-state index contributed by atoms with van der Waals surface area (Å²) in [5, 5.41) is 2.73. The van der Waals surface area contributed by atoms with Gasteiger partial charge >= 0.3 is 0 Å². The summed E-state index contributed by atoms with van der Waals surface area (Å²) < 4.78 is 10.8. The predicted molar refractivity (Wildman–Crippen MR) is 84.1 cm³/mol. The van der Waals surface area contributed by atoms with E-state index < -0.39 is 0 Å². The molecule has 0 radical (unpaired) electrons. The lowest BCUT2D eigenvalue weighted by Crippen LogP contribution is -2.00. The molecule has 2 nitrogen and oxygen atoms in total. The molecule has 0 unspecified atom stereocenters. The molecular weight excluding hydrogens is 248 g/mol. The zero-order valence-corrected chi connectivity index (χ0v) is 13.0. The SMILES string of the molecule is CCc1ccc(CC)c2c(COC)ccc(COC)c12. The van der Waals surface area contributed by atoms with Crippen LogP contribution in [0.4, 0.5) is 0 Å². The fraction of sp³-hybridized carbons (Fsp3) is 0.444. The van der Waals surface area contributed by atoms with Crippen LogP contribution in [-0.4, -0.2) is 14.2 Å². The van der Waals surface area contributed by atoms with Crippen molar-refractivity contribution >= 4 is 10.8 Å². The van der Waals surface area contributed by atoms with E-state index in [2.05, 4.69) is 38.1 Å². The highest BCUT2D eigenvalue weighted by molar-refractivity contribution is 5.94. The Kier molecular flexibility index (Phi) is 5.16. The molecular formula is C18H24O2. The van der Waals surface area contributed by atoms with Crippen molar-refractivity contribution in [1.82, 2.24) is 0 Å². The molecule has 0 N–H and O–H groups in total. The van der Waals surface area contributed by atoms with Crippen LogP contribution in [0.15, 0.2) is 24.3 Å².